The molecule has 0 saturated carbocycles. The summed E-state index contributed by atoms with van der Waals surface area (Å²) in [5.74, 6) is 0. The minimum atomic E-state index is 0.105. The third-order valence-electron chi connectivity index (χ3n) is 1.85. The minimum absolute atomic E-state index is 0.105. The maximum atomic E-state index is 4.88. The maximum Gasteiger partial charge on any atom is 0.131 e. The largest absolute Gasteiger partial charge is 0.366 e. The van der Waals surface area contributed by atoms with E-state index in [1.165, 1.54) is 19.3 Å². The van der Waals surface area contributed by atoms with Gasteiger partial charge in [-0.2, -0.15) is 0 Å². The molecule has 0 atom stereocenters. The summed E-state index contributed by atoms with van der Waals surface area (Å²) in [7, 11) is 0. The van der Waals surface area contributed by atoms with Gasteiger partial charge in [0, 0.05) is 5.54 Å². The molecule has 0 unspecified atom stereocenters. The highest BCUT2D eigenvalue weighted by molar-refractivity contribution is 8.11. The van der Waals surface area contributed by atoms with Gasteiger partial charge in [0.2, 0.25) is 0 Å². The van der Waals surface area contributed by atoms with Gasteiger partial charge in [0.25, 0.3) is 0 Å². The second kappa shape index (κ2) is 5.81. The topological polar surface area (TPSA) is 12.0 Å². The molecule has 0 saturated heterocycles. The van der Waals surface area contributed by atoms with Gasteiger partial charge in [0.1, 0.15) is 4.32 Å². The van der Waals surface area contributed by atoms with E-state index >= 15 is 0 Å². The Labute approximate surface area is 86.7 Å². The van der Waals surface area contributed by atoms with Crippen molar-refractivity contribution in [1.82, 2.24) is 5.32 Å². The molecule has 0 bridgehead atoms. The molecule has 0 fully saturated rings. The van der Waals surface area contributed by atoms with Crippen molar-refractivity contribution in [1.29, 1.82) is 0 Å². The summed E-state index contributed by atoms with van der Waals surface area (Å²) in [6.45, 7) is 6.53. The van der Waals surface area contributed by atoms with Crippen LogP contribution in [0.25, 0.3) is 0 Å². The summed E-state index contributed by atoms with van der Waals surface area (Å²) >= 11 is 8.93. The van der Waals surface area contributed by atoms with E-state index in [1.54, 1.807) is 0 Å². The van der Waals surface area contributed by atoms with Crippen LogP contribution in [0, 0.1) is 0 Å². The van der Waals surface area contributed by atoms with E-state index in [4.69, 9.17) is 12.2 Å². The van der Waals surface area contributed by atoms with E-state index in [9.17, 15) is 0 Å². The zero-order chi connectivity index (χ0) is 9.61. The van der Waals surface area contributed by atoms with E-state index in [2.05, 4.69) is 38.7 Å². The van der Waals surface area contributed by atoms with Crippen LogP contribution in [0.4, 0.5) is 0 Å². The van der Waals surface area contributed by atoms with Gasteiger partial charge in [0.05, 0.1) is 0 Å². The van der Waals surface area contributed by atoms with Crippen molar-refractivity contribution >= 4 is 29.2 Å². The van der Waals surface area contributed by atoms with Crippen molar-refractivity contribution < 1.29 is 0 Å². The summed E-state index contributed by atoms with van der Waals surface area (Å²) < 4.78 is 0.594. The van der Waals surface area contributed by atoms with Crippen molar-refractivity contribution in [2.45, 2.75) is 52.0 Å². The number of thiol groups is 1. The average molecular weight is 205 g/mol. The zero-order valence-corrected chi connectivity index (χ0v) is 9.89. The molecule has 0 aliphatic carbocycles. The van der Waals surface area contributed by atoms with Crippen LogP contribution >= 0.6 is 24.8 Å². The highest BCUT2D eigenvalue weighted by Gasteiger charge is 2.16. The standard InChI is InChI=1S/C9H19NS2/c1-4-5-6-7-9(2,3)10-8(11)12/h4-7H2,1-3H3,(H2,10,11,12). The summed E-state index contributed by atoms with van der Waals surface area (Å²) in [4.78, 5) is 0. The van der Waals surface area contributed by atoms with Gasteiger partial charge < -0.3 is 5.32 Å². The van der Waals surface area contributed by atoms with Crippen molar-refractivity contribution in [3.63, 3.8) is 0 Å². The molecule has 0 aromatic carbocycles. The number of hydrogen-bond acceptors (Lipinski definition) is 1. The summed E-state index contributed by atoms with van der Waals surface area (Å²) in [5.41, 5.74) is 0.105. The number of hydrogen-bond donors (Lipinski definition) is 2. The number of unbranched alkanes of at least 4 members (excludes halogenated alkanes) is 2. The predicted octanol–water partition coefficient (Wildman–Crippen LogP) is 3.15. The van der Waals surface area contributed by atoms with Crippen LogP contribution in [0.1, 0.15) is 46.5 Å². The molecule has 0 aromatic rings. The fourth-order valence-electron chi connectivity index (χ4n) is 1.17. The Morgan fingerprint density at radius 3 is 2.42 bits per heavy atom. The fourth-order valence-corrected chi connectivity index (χ4v) is 1.75. The molecule has 12 heavy (non-hydrogen) atoms. The van der Waals surface area contributed by atoms with Crippen LogP contribution in [0.2, 0.25) is 0 Å². The number of nitrogens with one attached hydrogen (secondary N) is 1. The second-order valence-electron chi connectivity index (χ2n) is 3.77. The van der Waals surface area contributed by atoms with Crippen LogP contribution in [-0.4, -0.2) is 9.86 Å². The molecule has 0 heterocycles. The lowest BCUT2D eigenvalue weighted by molar-refractivity contribution is 0.409. The highest BCUT2D eigenvalue weighted by atomic mass is 32.1. The molecule has 1 nitrogen and oxygen atoms in total. The Morgan fingerprint density at radius 2 is 2.00 bits per heavy atom. The fraction of sp³-hybridized carbons (Fsp3) is 0.889. The SMILES string of the molecule is CCCCCC(C)(C)NC(=S)S. The molecule has 0 aliphatic heterocycles. The van der Waals surface area contributed by atoms with Crippen LogP contribution in [0.15, 0.2) is 0 Å². The number of rotatable bonds is 5. The lowest BCUT2D eigenvalue weighted by atomic mass is 9.97. The molecule has 0 radical (unpaired) electrons. The van der Waals surface area contributed by atoms with Gasteiger partial charge in [-0.1, -0.05) is 38.4 Å². The van der Waals surface area contributed by atoms with E-state index in [1.807, 2.05) is 0 Å². The van der Waals surface area contributed by atoms with Crippen LogP contribution in [0.3, 0.4) is 0 Å². The van der Waals surface area contributed by atoms with Crippen LogP contribution < -0.4 is 5.32 Å². The molecular weight excluding hydrogens is 186 g/mol. The van der Waals surface area contributed by atoms with E-state index in [0.717, 1.165) is 6.42 Å². The van der Waals surface area contributed by atoms with Crippen molar-refractivity contribution in [2.24, 2.45) is 0 Å². The van der Waals surface area contributed by atoms with Gasteiger partial charge >= 0.3 is 0 Å². The zero-order valence-electron chi connectivity index (χ0n) is 8.18. The third kappa shape index (κ3) is 6.92. The summed E-state index contributed by atoms with van der Waals surface area (Å²) in [5, 5.41) is 3.17. The smallest absolute Gasteiger partial charge is 0.131 e. The third-order valence-corrected chi connectivity index (χ3v) is 2.06. The quantitative estimate of drug-likeness (QED) is 0.406. The van der Waals surface area contributed by atoms with E-state index in [-0.39, 0.29) is 5.54 Å². The Morgan fingerprint density at radius 1 is 1.42 bits per heavy atom. The predicted molar refractivity (Wildman–Crippen MR) is 62.9 cm³/mol. The second-order valence-corrected chi connectivity index (χ2v) is 4.93. The van der Waals surface area contributed by atoms with Crippen LogP contribution in [-0.2, 0) is 0 Å². The Kier molecular flexibility index (Phi) is 5.93. The molecule has 0 aromatic heterocycles. The number of thiocarbonyl (C=S) groups is 1. The first kappa shape index (κ1) is 12.2. The maximum absolute atomic E-state index is 4.88. The van der Waals surface area contributed by atoms with Gasteiger partial charge in [0.15, 0.2) is 0 Å². The molecule has 3 heteroatoms. The molecule has 72 valence electrons. The normalized spacial score (nSPS) is 11.3. The Hall–Kier alpha value is 0.240. The monoisotopic (exact) mass is 205 g/mol. The van der Waals surface area contributed by atoms with Gasteiger partial charge in [-0.3, -0.25) is 0 Å². The molecule has 1 N–H and O–H groups in total. The highest BCUT2D eigenvalue weighted by Crippen LogP contribution is 2.14. The van der Waals surface area contributed by atoms with E-state index < -0.39 is 0 Å². The first-order chi connectivity index (χ1) is 5.48. The summed E-state index contributed by atoms with van der Waals surface area (Å²) in [6.07, 6.45) is 4.97. The molecule has 0 spiro atoms. The Bertz CT molecular complexity index is 143. The van der Waals surface area contributed by atoms with E-state index in [0.29, 0.717) is 4.32 Å². The van der Waals surface area contributed by atoms with Crippen LogP contribution in [0.5, 0.6) is 0 Å². The van der Waals surface area contributed by atoms with Crippen molar-refractivity contribution in [2.75, 3.05) is 0 Å². The van der Waals surface area contributed by atoms with Gasteiger partial charge in [-0.05, 0) is 20.3 Å². The molecule has 0 amide bonds. The van der Waals surface area contributed by atoms with Gasteiger partial charge in [-0.15, -0.1) is 12.6 Å². The van der Waals surface area contributed by atoms with Crippen molar-refractivity contribution in [3.05, 3.63) is 0 Å². The lowest BCUT2D eigenvalue weighted by Crippen LogP contribution is -2.40. The summed E-state index contributed by atoms with van der Waals surface area (Å²) in [6, 6.07) is 0. The first-order valence-corrected chi connectivity index (χ1v) is 5.34. The first-order valence-electron chi connectivity index (χ1n) is 4.49. The lowest BCUT2D eigenvalue weighted by Gasteiger charge is -2.26. The minimum Gasteiger partial charge on any atom is -0.366 e. The van der Waals surface area contributed by atoms with Gasteiger partial charge in [-0.25, -0.2) is 0 Å². The Balaban J connectivity index is 3.63. The average Bonchev–Trinajstić information content (AvgIpc) is 1.84. The molecule has 0 aliphatic rings. The molecule has 0 rings (SSSR count). The molecular formula is C9H19NS2. The van der Waals surface area contributed by atoms with Crippen molar-refractivity contribution in [3.8, 4) is 0 Å².